The zero-order chi connectivity index (χ0) is 15.2. The highest BCUT2D eigenvalue weighted by atomic mass is 79.9. The summed E-state index contributed by atoms with van der Waals surface area (Å²) < 4.78 is 1.02. The molecule has 2 aromatic rings. The second-order valence-electron chi connectivity index (χ2n) is 5.53. The molecule has 0 spiro atoms. The highest BCUT2D eigenvalue weighted by Crippen LogP contribution is 2.24. The third-order valence-corrected chi connectivity index (χ3v) is 4.00. The number of hydrogen-bond donors (Lipinski definition) is 1. The molecule has 1 aromatic heterocycles. The van der Waals surface area contributed by atoms with E-state index >= 15 is 0 Å². The SMILES string of the molecule is CC(C)NCC(Cc1cncc(Br)c1)c1cccc(Cl)c1. The summed E-state index contributed by atoms with van der Waals surface area (Å²) >= 11 is 9.62. The van der Waals surface area contributed by atoms with Crippen LogP contribution in [0.4, 0.5) is 0 Å². The molecular weight excluding hydrogens is 348 g/mol. The molecule has 0 radical (unpaired) electrons. The van der Waals surface area contributed by atoms with Gasteiger partial charge in [-0.05, 0) is 51.7 Å². The van der Waals surface area contributed by atoms with Crippen molar-refractivity contribution < 1.29 is 0 Å². The van der Waals surface area contributed by atoms with Gasteiger partial charge in [0.2, 0.25) is 0 Å². The summed E-state index contributed by atoms with van der Waals surface area (Å²) in [5, 5.41) is 4.31. The number of halogens is 2. The Bertz CT molecular complexity index is 587. The van der Waals surface area contributed by atoms with Crippen molar-refractivity contribution in [3.63, 3.8) is 0 Å². The molecule has 1 N–H and O–H groups in total. The van der Waals surface area contributed by atoms with Crippen LogP contribution in [0.2, 0.25) is 5.02 Å². The number of rotatable bonds is 6. The quantitative estimate of drug-likeness (QED) is 0.791. The van der Waals surface area contributed by atoms with E-state index in [0.29, 0.717) is 12.0 Å². The molecule has 21 heavy (non-hydrogen) atoms. The van der Waals surface area contributed by atoms with Crippen LogP contribution in [0.15, 0.2) is 47.2 Å². The molecule has 2 rings (SSSR count). The van der Waals surface area contributed by atoms with Crippen LogP contribution in [0.3, 0.4) is 0 Å². The lowest BCUT2D eigenvalue weighted by atomic mass is 9.92. The molecule has 2 nitrogen and oxygen atoms in total. The summed E-state index contributed by atoms with van der Waals surface area (Å²) in [6.45, 7) is 5.25. The van der Waals surface area contributed by atoms with Gasteiger partial charge in [-0.2, -0.15) is 0 Å². The lowest BCUT2D eigenvalue weighted by Crippen LogP contribution is -2.29. The predicted octanol–water partition coefficient (Wildman–Crippen LogP) is 4.82. The van der Waals surface area contributed by atoms with E-state index in [1.807, 2.05) is 24.5 Å². The fraction of sp³-hybridized carbons (Fsp3) is 0.353. The van der Waals surface area contributed by atoms with E-state index in [-0.39, 0.29) is 0 Å². The van der Waals surface area contributed by atoms with Crippen LogP contribution in [-0.2, 0) is 6.42 Å². The van der Waals surface area contributed by atoms with Gasteiger partial charge in [0.05, 0.1) is 0 Å². The third-order valence-electron chi connectivity index (χ3n) is 3.34. The van der Waals surface area contributed by atoms with Crippen molar-refractivity contribution in [2.75, 3.05) is 6.54 Å². The van der Waals surface area contributed by atoms with Gasteiger partial charge in [0.1, 0.15) is 0 Å². The lowest BCUT2D eigenvalue weighted by Gasteiger charge is -2.20. The standard InChI is InChI=1S/C17H20BrClN2/c1-12(2)21-10-15(14-4-3-5-17(19)8-14)6-13-7-16(18)11-20-9-13/h3-5,7-9,11-12,15,21H,6,10H2,1-2H3. The molecule has 4 heteroatoms. The van der Waals surface area contributed by atoms with E-state index in [1.54, 1.807) is 0 Å². The van der Waals surface area contributed by atoms with Gasteiger partial charge in [-0.25, -0.2) is 0 Å². The van der Waals surface area contributed by atoms with E-state index in [4.69, 9.17) is 11.6 Å². The number of hydrogen-bond acceptors (Lipinski definition) is 2. The summed E-state index contributed by atoms with van der Waals surface area (Å²) in [4.78, 5) is 4.25. The molecule has 0 bridgehead atoms. The van der Waals surface area contributed by atoms with Gasteiger partial charge in [0.25, 0.3) is 0 Å². The van der Waals surface area contributed by atoms with Crippen molar-refractivity contribution in [3.8, 4) is 0 Å². The van der Waals surface area contributed by atoms with E-state index in [0.717, 1.165) is 22.5 Å². The van der Waals surface area contributed by atoms with Crippen LogP contribution in [-0.4, -0.2) is 17.6 Å². The van der Waals surface area contributed by atoms with Gasteiger partial charge in [0.15, 0.2) is 0 Å². The van der Waals surface area contributed by atoms with Crippen molar-refractivity contribution >= 4 is 27.5 Å². The molecule has 0 fully saturated rings. The molecule has 0 amide bonds. The minimum absolute atomic E-state index is 0.377. The van der Waals surface area contributed by atoms with Crippen molar-refractivity contribution in [2.45, 2.75) is 32.2 Å². The van der Waals surface area contributed by atoms with Gasteiger partial charge in [-0.1, -0.05) is 37.6 Å². The summed E-state index contributed by atoms with van der Waals surface area (Å²) in [6, 6.07) is 10.7. The third kappa shape index (κ3) is 5.42. The molecule has 0 aliphatic rings. The van der Waals surface area contributed by atoms with Crippen LogP contribution >= 0.6 is 27.5 Å². The van der Waals surface area contributed by atoms with Crippen molar-refractivity contribution in [1.29, 1.82) is 0 Å². The molecule has 0 saturated heterocycles. The first-order valence-electron chi connectivity index (χ1n) is 7.13. The van der Waals surface area contributed by atoms with Crippen LogP contribution in [0, 0.1) is 0 Å². The summed E-state index contributed by atoms with van der Waals surface area (Å²) in [5.74, 6) is 0.377. The number of aromatic nitrogens is 1. The van der Waals surface area contributed by atoms with E-state index in [2.05, 4.69) is 58.3 Å². The molecule has 0 aliphatic carbocycles. The van der Waals surface area contributed by atoms with Crippen molar-refractivity contribution in [3.05, 3.63) is 63.3 Å². The van der Waals surface area contributed by atoms with E-state index in [1.165, 1.54) is 11.1 Å². The molecular formula is C17H20BrClN2. The average molecular weight is 368 g/mol. The first kappa shape index (κ1) is 16.5. The Morgan fingerprint density at radius 3 is 2.71 bits per heavy atom. The largest absolute Gasteiger partial charge is 0.314 e. The zero-order valence-electron chi connectivity index (χ0n) is 12.3. The second kappa shape index (κ2) is 7.92. The highest BCUT2D eigenvalue weighted by molar-refractivity contribution is 9.10. The number of benzene rings is 1. The Hall–Kier alpha value is -0.900. The summed E-state index contributed by atoms with van der Waals surface area (Å²) in [6.07, 6.45) is 4.68. The molecule has 0 saturated carbocycles. The van der Waals surface area contributed by atoms with Gasteiger partial charge in [-0.3, -0.25) is 4.98 Å². The number of pyridine rings is 1. The molecule has 0 aliphatic heterocycles. The van der Waals surface area contributed by atoms with Gasteiger partial charge >= 0.3 is 0 Å². The number of nitrogens with zero attached hydrogens (tertiary/aromatic N) is 1. The average Bonchev–Trinajstić information content (AvgIpc) is 2.43. The van der Waals surface area contributed by atoms with Crippen LogP contribution in [0.25, 0.3) is 0 Å². The highest BCUT2D eigenvalue weighted by Gasteiger charge is 2.14. The lowest BCUT2D eigenvalue weighted by molar-refractivity contribution is 0.526. The topological polar surface area (TPSA) is 24.9 Å². The predicted molar refractivity (Wildman–Crippen MR) is 93.0 cm³/mol. The van der Waals surface area contributed by atoms with Gasteiger partial charge in [0, 0.05) is 40.4 Å². The van der Waals surface area contributed by atoms with Crippen LogP contribution in [0.1, 0.15) is 30.9 Å². The maximum Gasteiger partial charge on any atom is 0.0410 e. The first-order chi connectivity index (χ1) is 10.0. The maximum atomic E-state index is 6.14. The molecule has 1 atom stereocenters. The minimum Gasteiger partial charge on any atom is -0.314 e. The molecule has 1 unspecified atom stereocenters. The molecule has 1 heterocycles. The monoisotopic (exact) mass is 366 g/mol. The second-order valence-corrected chi connectivity index (χ2v) is 6.88. The van der Waals surface area contributed by atoms with Gasteiger partial charge in [-0.15, -0.1) is 0 Å². The Labute approximate surface area is 140 Å². The van der Waals surface area contributed by atoms with Crippen LogP contribution in [0.5, 0.6) is 0 Å². The normalized spacial score (nSPS) is 12.6. The van der Waals surface area contributed by atoms with Crippen molar-refractivity contribution in [1.82, 2.24) is 10.3 Å². The van der Waals surface area contributed by atoms with E-state index in [9.17, 15) is 0 Å². The van der Waals surface area contributed by atoms with E-state index < -0.39 is 0 Å². The fourth-order valence-electron chi connectivity index (χ4n) is 2.30. The molecule has 112 valence electrons. The fourth-order valence-corrected chi connectivity index (χ4v) is 2.91. The first-order valence-corrected chi connectivity index (χ1v) is 8.30. The smallest absolute Gasteiger partial charge is 0.0410 e. The molecule has 1 aromatic carbocycles. The summed E-state index contributed by atoms with van der Waals surface area (Å²) in [5.41, 5.74) is 2.48. The zero-order valence-corrected chi connectivity index (χ0v) is 14.7. The Kier molecular flexibility index (Phi) is 6.22. The Morgan fingerprint density at radius 2 is 2.05 bits per heavy atom. The van der Waals surface area contributed by atoms with Gasteiger partial charge < -0.3 is 5.32 Å². The van der Waals surface area contributed by atoms with Crippen molar-refractivity contribution in [2.24, 2.45) is 0 Å². The van der Waals surface area contributed by atoms with Crippen LogP contribution < -0.4 is 5.32 Å². The minimum atomic E-state index is 0.377. The maximum absolute atomic E-state index is 6.14. The summed E-state index contributed by atoms with van der Waals surface area (Å²) in [7, 11) is 0. The Morgan fingerprint density at radius 1 is 1.24 bits per heavy atom. The number of nitrogens with one attached hydrogen (secondary N) is 1. The Balaban J connectivity index is 2.19.